The Morgan fingerprint density at radius 3 is 2.89 bits per heavy atom. The van der Waals surface area contributed by atoms with E-state index >= 15 is 0 Å². The third kappa shape index (κ3) is 4.18. The molecular weight excluding hydrogens is 374 g/mol. The molecule has 1 heterocycles. The maximum Gasteiger partial charge on any atom is 0.252 e. The van der Waals surface area contributed by atoms with Crippen molar-refractivity contribution in [2.24, 2.45) is 0 Å². The van der Waals surface area contributed by atoms with Crippen molar-refractivity contribution in [1.82, 2.24) is 15.1 Å². The van der Waals surface area contributed by atoms with E-state index in [1.165, 1.54) is 0 Å². The van der Waals surface area contributed by atoms with Gasteiger partial charge in [0.15, 0.2) is 0 Å². The minimum absolute atomic E-state index is 0.0696. The molecule has 0 fully saturated rings. The second kappa shape index (κ2) is 6.86. The van der Waals surface area contributed by atoms with E-state index in [-0.39, 0.29) is 5.91 Å². The minimum Gasteiger partial charge on any atom is -0.352 e. The molecule has 0 atom stereocenters. The van der Waals surface area contributed by atoms with Crippen molar-refractivity contribution in [1.29, 1.82) is 0 Å². The number of hydrogen-bond acceptors (Lipinski definition) is 2. The van der Waals surface area contributed by atoms with Crippen LogP contribution in [0.5, 0.6) is 0 Å². The first-order chi connectivity index (χ1) is 9.16. The third-order valence-corrected chi connectivity index (χ3v) is 3.73. The van der Waals surface area contributed by atoms with Gasteiger partial charge in [0, 0.05) is 34.4 Å². The quantitative estimate of drug-likeness (QED) is 0.802. The number of carbonyl (C=O) groups excluding carboxylic acids is 1. The van der Waals surface area contributed by atoms with E-state index in [9.17, 15) is 4.79 Å². The molecule has 1 amide bonds. The lowest BCUT2D eigenvalue weighted by atomic mass is 10.2. The van der Waals surface area contributed by atoms with E-state index in [0.29, 0.717) is 12.1 Å². The zero-order chi connectivity index (χ0) is 13.7. The Labute approximate surface area is 128 Å². The predicted molar refractivity (Wildman–Crippen MR) is 81.0 cm³/mol. The Morgan fingerprint density at radius 1 is 1.37 bits per heavy atom. The van der Waals surface area contributed by atoms with Crippen molar-refractivity contribution in [3.05, 3.63) is 51.2 Å². The van der Waals surface area contributed by atoms with Crippen molar-refractivity contribution in [2.75, 3.05) is 6.54 Å². The molecule has 4 nitrogen and oxygen atoms in total. The molecule has 0 saturated carbocycles. The van der Waals surface area contributed by atoms with E-state index in [0.717, 1.165) is 21.9 Å². The maximum absolute atomic E-state index is 12.0. The summed E-state index contributed by atoms with van der Waals surface area (Å²) in [4.78, 5) is 12.0. The number of aromatic nitrogens is 2. The Bertz CT molecular complexity index is 555. The number of nitrogens with zero attached hydrogens (tertiary/aromatic N) is 2. The summed E-state index contributed by atoms with van der Waals surface area (Å²) in [5.74, 6) is -0.0696. The van der Waals surface area contributed by atoms with Crippen LogP contribution in [0.3, 0.4) is 0 Å². The van der Waals surface area contributed by atoms with Crippen LogP contribution >= 0.6 is 31.9 Å². The number of carbonyl (C=O) groups is 1. The molecule has 100 valence electrons. The fourth-order valence-electron chi connectivity index (χ4n) is 1.64. The van der Waals surface area contributed by atoms with Gasteiger partial charge in [0.25, 0.3) is 5.91 Å². The van der Waals surface area contributed by atoms with Crippen LogP contribution in [0.2, 0.25) is 0 Å². The van der Waals surface area contributed by atoms with E-state index in [1.807, 2.05) is 29.1 Å². The number of aryl methyl sites for hydroxylation is 1. The molecule has 1 aromatic carbocycles. The van der Waals surface area contributed by atoms with E-state index < -0.39 is 0 Å². The van der Waals surface area contributed by atoms with Gasteiger partial charge < -0.3 is 5.32 Å². The highest BCUT2D eigenvalue weighted by molar-refractivity contribution is 9.11. The van der Waals surface area contributed by atoms with Gasteiger partial charge in [-0.1, -0.05) is 15.9 Å². The summed E-state index contributed by atoms with van der Waals surface area (Å²) in [5, 5.41) is 7.00. The van der Waals surface area contributed by atoms with Gasteiger partial charge in [0.1, 0.15) is 0 Å². The average Bonchev–Trinajstić information content (AvgIpc) is 2.87. The van der Waals surface area contributed by atoms with Gasteiger partial charge in [0.05, 0.1) is 5.56 Å². The second-order valence-corrected chi connectivity index (χ2v) is 5.77. The van der Waals surface area contributed by atoms with Gasteiger partial charge in [-0.2, -0.15) is 5.10 Å². The first kappa shape index (κ1) is 14.3. The number of halogens is 2. The Morgan fingerprint density at radius 2 is 2.21 bits per heavy atom. The molecule has 0 bridgehead atoms. The molecule has 1 aromatic heterocycles. The molecule has 0 spiro atoms. The van der Waals surface area contributed by atoms with Crippen molar-refractivity contribution >= 4 is 37.8 Å². The van der Waals surface area contributed by atoms with Gasteiger partial charge in [-0.05, 0) is 46.6 Å². The first-order valence-electron chi connectivity index (χ1n) is 5.87. The lowest BCUT2D eigenvalue weighted by Gasteiger charge is -2.07. The third-order valence-electron chi connectivity index (χ3n) is 2.58. The zero-order valence-electron chi connectivity index (χ0n) is 10.1. The Balaban J connectivity index is 1.81. The number of amides is 1. The second-order valence-electron chi connectivity index (χ2n) is 4.00. The molecule has 2 aromatic rings. The Kier molecular flexibility index (Phi) is 5.15. The van der Waals surface area contributed by atoms with E-state index in [4.69, 9.17) is 0 Å². The highest BCUT2D eigenvalue weighted by atomic mass is 79.9. The van der Waals surface area contributed by atoms with Crippen LogP contribution < -0.4 is 5.32 Å². The number of rotatable bonds is 5. The molecule has 0 unspecified atom stereocenters. The topological polar surface area (TPSA) is 46.9 Å². The molecule has 0 aliphatic rings. The van der Waals surface area contributed by atoms with Gasteiger partial charge in [-0.15, -0.1) is 0 Å². The van der Waals surface area contributed by atoms with Crippen molar-refractivity contribution in [3.8, 4) is 0 Å². The summed E-state index contributed by atoms with van der Waals surface area (Å²) >= 11 is 6.74. The largest absolute Gasteiger partial charge is 0.352 e. The SMILES string of the molecule is O=C(NCCCn1cccn1)c1ccc(Br)cc1Br. The molecule has 0 radical (unpaired) electrons. The first-order valence-corrected chi connectivity index (χ1v) is 7.46. The van der Waals surface area contributed by atoms with Crippen molar-refractivity contribution < 1.29 is 4.79 Å². The van der Waals surface area contributed by atoms with E-state index in [2.05, 4.69) is 42.3 Å². The standard InChI is InChI=1S/C13H13Br2N3O/c14-10-3-4-11(12(15)9-10)13(19)16-5-1-7-18-8-2-6-17-18/h2-4,6,8-9H,1,5,7H2,(H,16,19). The van der Waals surface area contributed by atoms with Crippen LogP contribution in [0.15, 0.2) is 45.6 Å². The van der Waals surface area contributed by atoms with Gasteiger partial charge in [-0.25, -0.2) is 0 Å². The van der Waals surface area contributed by atoms with Crippen molar-refractivity contribution in [2.45, 2.75) is 13.0 Å². The molecule has 0 aliphatic heterocycles. The summed E-state index contributed by atoms with van der Waals surface area (Å²) < 4.78 is 3.57. The normalized spacial score (nSPS) is 10.4. The minimum atomic E-state index is -0.0696. The fourth-order valence-corrected chi connectivity index (χ4v) is 2.87. The summed E-state index contributed by atoms with van der Waals surface area (Å²) in [6.07, 6.45) is 4.51. The summed E-state index contributed by atoms with van der Waals surface area (Å²) in [6.45, 7) is 1.43. The Hall–Kier alpha value is -1.14. The lowest BCUT2D eigenvalue weighted by Crippen LogP contribution is -2.25. The molecule has 1 N–H and O–H groups in total. The molecular formula is C13H13Br2N3O. The lowest BCUT2D eigenvalue weighted by molar-refractivity contribution is 0.0952. The smallest absolute Gasteiger partial charge is 0.252 e. The maximum atomic E-state index is 12.0. The van der Waals surface area contributed by atoms with Crippen LogP contribution in [0, 0.1) is 0 Å². The highest BCUT2D eigenvalue weighted by Crippen LogP contribution is 2.21. The fraction of sp³-hybridized carbons (Fsp3) is 0.231. The number of benzene rings is 1. The molecule has 0 saturated heterocycles. The monoisotopic (exact) mass is 385 g/mol. The zero-order valence-corrected chi connectivity index (χ0v) is 13.3. The van der Waals surface area contributed by atoms with Crippen LogP contribution in [0.4, 0.5) is 0 Å². The number of nitrogens with one attached hydrogen (secondary N) is 1. The van der Waals surface area contributed by atoms with Crippen LogP contribution in [0.1, 0.15) is 16.8 Å². The highest BCUT2D eigenvalue weighted by Gasteiger charge is 2.09. The van der Waals surface area contributed by atoms with Crippen LogP contribution in [0.25, 0.3) is 0 Å². The number of hydrogen-bond donors (Lipinski definition) is 1. The van der Waals surface area contributed by atoms with Gasteiger partial charge >= 0.3 is 0 Å². The molecule has 0 aliphatic carbocycles. The summed E-state index contributed by atoms with van der Waals surface area (Å²) in [6, 6.07) is 7.39. The molecule has 2 rings (SSSR count). The predicted octanol–water partition coefficient (Wildman–Crippen LogP) is 3.23. The van der Waals surface area contributed by atoms with Gasteiger partial charge in [0.2, 0.25) is 0 Å². The van der Waals surface area contributed by atoms with E-state index in [1.54, 1.807) is 12.3 Å². The van der Waals surface area contributed by atoms with Crippen molar-refractivity contribution in [3.63, 3.8) is 0 Å². The van der Waals surface area contributed by atoms with Crippen LogP contribution in [-0.2, 0) is 6.54 Å². The summed E-state index contributed by atoms with van der Waals surface area (Å²) in [5.41, 5.74) is 0.641. The van der Waals surface area contributed by atoms with Gasteiger partial charge in [-0.3, -0.25) is 9.48 Å². The summed E-state index contributed by atoms with van der Waals surface area (Å²) in [7, 11) is 0. The van der Waals surface area contributed by atoms with Crippen LogP contribution in [-0.4, -0.2) is 22.2 Å². The molecule has 19 heavy (non-hydrogen) atoms. The average molecular weight is 387 g/mol. The molecule has 6 heteroatoms.